The summed E-state index contributed by atoms with van der Waals surface area (Å²) in [6.07, 6.45) is -4.45. The van der Waals surface area contributed by atoms with Crippen LogP contribution >= 0.6 is 11.8 Å². The number of fused-ring (bicyclic) bond motifs is 1. The van der Waals surface area contributed by atoms with Crippen molar-refractivity contribution in [3.63, 3.8) is 0 Å². The topological polar surface area (TPSA) is 65.4 Å². The van der Waals surface area contributed by atoms with Crippen LogP contribution in [0.4, 0.5) is 13.2 Å². The summed E-state index contributed by atoms with van der Waals surface area (Å²) in [5.41, 5.74) is 10.2. The normalized spacial score (nSPS) is 12.9. The number of nitrogens with two attached hydrogens (primary N) is 1. The Morgan fingerprint density at radius 2 is 1.70 bits per heavy atom. The summed E-state index contributed by atoms with van der Waals surface area (Å²) in [5.74, 6) is 1.96. The van der Waals surface area contributed by atoms with Crippen molar-refractivity contribution in [2.24, 2.45) is 23.9 Å². The number of benzene rings is 3. The van der Waals surface area contributed by atoms with E-state index in [0.29, 0.717) is 35.2 Å². The quantitative estimate of drug-likeness (QED) is 0.0958. The van der Waals surface area contributed by atoms with Crippen molar-refractivity contribution >= 4 is 28.6 Å². The number of aryl methyl sites for hydroxylation is 1. The molecule has 3 aromatic carbocycles. The molecule has 0 bridgehead atoms. The van der Waals surface area contributed by atoms with Crippen LogP contribution in [-0.2, 0) is 29.2 Å². The molecule has 2 N–H and O–H groups in total. The molecule has 4 rings (SSSR count). The summed E-state index contributed by atoms with van der Waals surface area (Å²) in [6.45, 7) is 11.2. The summed E-state index contributed by atoms with van der Waals surface area (Å²) < 4.78 is 41.9. The summed E-state index contributed by atoms with van der Waals surface area (Å²) in [4.78, 5) is 10.7. The van der Waals surface area contributed by atoms with E-state index in [1.165, 1.54) is 17.2 Å². The number of hydrogen-bond acceptors (Lipinski definition) is 4. The van der Waals surface area contributed by atoms with E-state index in [1.807, 2.05) is 25.1 Å². The average molecular weight is 569 g/mol. The molecule has 1 heterocycles. The van der Waals surface area contributed by atoms with Crippen molar-refractivity contribution in [2.45, 2.75) is 56.9 Å². The van der Waals surface area contributed by atoms with E-state index >= 15 is 0 Å². The molecule has 4 aromatic rings. The number of hydrogen-bond donors (Lipinski definition) is 1. The lowest BCUT2D eigenvalue weighted by Gasteiger charge is -2.30. The molecule has 0 saturated heterocycles. The van der Waals surface area contributed by atoms with Crippen molar-refractivity contribution in [3.05, 3.63) is 82.9 Å². The van der Waals surface area contributed by atoms with Crippen LogP contribution < -0.4 is 5.73 Å². The Balaban J connectivity index is 1.73. The molecule has 0 amide bonds. The summed E-state index contributed by atoms with van der Waals surface area (Å²) in [5, 5.41) is 3.95. The fourth-order valence-electron chi connectivity index (χ4n) is 4.32. The standard InChI is InChI=1S/C31H35F3N4OS/c1-7-39-37-28(35)21-10-15-27(40-18-20-8-11-22(12-9-20)30(4,5)19(2)3)24(16-21)29-36-25-17-23(31(32,33)34)13-14-26(25)38(29)6/h8-17,19H,7,18H2,1-6H3,(H2,35,37). The second kappa shape index (κ2) is 11.6. The monoisotopic (exact) mass is 568 g/mol. The van der Waals surface area contributed by atoms with Gasteiger partial charge >= 0.3 is 6.18 Å². The smallest absolute Gasteiger partial charge is 0.394 e. The molecule has 40 heavy (non-hydrogen) atoms. The van der Waals surface area contributed by atoms with Crippen molar-refractivity contribution in [1.82, 2.24) is 9.55 Å². The zero-order valence-corrected chi connectivity index (χ0v) is 24.5. The van der Waals surface area contributed by atoms with Crippen LogP contribution in [0.2, 0.25) is 0 Å². The van der Waals surface area contributed by atoms with Gasteiger partial charge in [-0.3, -0.25) is 0 Å². The number of nitrogens with zero attached hydrogens (tertiary/aromatic N) is 3. The minimum atomic E-state index is -4.45. The molecule has 0 aliphatic heterocycles. The molecule has 0 radical (unpaired) electrons. The first-order valence-corrected chi connectivity index (χ1v) is 14.2. The Morgan fingerprint density at radius 1 is 1.02 bits per heavy atom. The van der Waals surface area contributed by atoms with E-state index in [1.54, 1.807) is 23.4 Å². The molecule has 5 nitrogen and oxygen atoms in total. The minimum absolute atomic E-state index is 0.0732. The number of imidazole rings is 1. The van der Waals surface area contributed by atoms with Crippen LogP contribution in [0.3, 0.4) is 0 Å². The maximum atomic E-state index is 13.4. The first-order chi connectivity index (χ1) is 18.8. The highest BCUT2D eigenvalue weighted by Crippen LogP contribution is 2.37. The lowest BCUT2D eigenvalue weighted by molar-refractivity contribution is -0.137. The average Bonchev–Trinajstić information content (AvgIpc) is 3.25. The van der Waals surface area contributed by atoms with E-state index in [2.05, 4.69) is 62.1 Å². The molecule has 0 atom stereocenters. The molecule has 0 aliphatic carbocycles. The summed E-state index contributed by atoms with van der Waals surface area (Å²) in [6, 6.07) is 18.0. The fourth-order valence-corrected chi connectivity index (χ4v) is 5.30. The maximum absolute atomic E-state index is 13.4. The van der Waals surface area contributed by atoms with E-state index in [9.17, 15) is 13.2 Å². The molecule has 9 heteroatoms. The van der Waals surface area contributed by atoms with Gasteiger partial charge in [0.25, 0.3) is 0 Å². The van der Waals surface area contributed by atoms with Gasteiger partial charge in [-0.05, 0) is 59.7 Å². The third-order valence-electron chi connectivity index (χ3n) is 7.55. The fraction of sp³-hybridized carbons (Fsp3) is 0.355. The molecule has 0 unspecified atom stereocenters. The van der Waals surface area contributed by atoms with Crippen molar-refractivity contribution in [1.29, 1.82) is 0 Å². The van der Waals surface area contributed by atoms with Gasteiger partial charge in [-0.2, -0.15) is 13.2 Å². The number of thioether (sulfide) groups is 1. The molecular weight excluding hydrogens is 533 g/mol. The Bertz CT molecular complexity index is 1520. The van der Waals surface area contributed by atoms with Crippen LogP contribution in [0.1, 0.15) is 56.9 Å². The van der Waals surface area contributed by atoms with E-state index in [-0.39, 0.29) is 16.8 Å². The van der Waals surface area contributed by atoms with Gasteiger partial charge < -0.3 is 15.1 Å². The number of rotatable bonds is 9. The van der Waals surface area contributed by atoms with Gasteiger partial charge in [0.15, 0.2) is 5.84 Å². The van der Waals surface area contributed by atoms with E-state index < -0.39 is 11.7 Å². The molecule has 0 spiro atoms. The highest BCUT2D eigenvalue weighted by molar-refractivity contribution is 7.98. The Labute approximate surface area is 237 Å². The number of oxime groups is 1. The van der Waals surface area contributed by atoms with Gasteiger partial charge in [-0.25, -0.2) is 4.98 Å². The van der Waals surface area contributed by atoms with Gasteiger partial charge in [0.2, 0.25) is 0 Å². The third kappa shape index (κ3) is 6.14. The zero-order valence-electron chi connectivity index (χ0n) is 23.6. The molecule has 0 saturated carbocycles. The van der Waals surface area contributed by atoms with Gasteiger partial charge in [0.1, 0.15) is 12.4 Å². The Kier molecular flexibility index (Phi) is 8.54. The highest BCUT2D eigenvalue weighted by Gasteiger charge is 2.31. The molecule has 1 aromatic heterocycles. The predicted octanol–water partition coefficient (Wildman–Crippen LogP) is 8.14. The van der Waals surface area contributed by atoms with Gasteiger partial charge in [-0.15, -0.1) is 11.8 Å². The molecular formula is C31H35F3N4OS. The molecule has 0 aliphatic rings. The second-order valence-corrected chi connectivity index (χ2v) is 11.7. The van der Waals surface area contributed by atoms with Crippen LogP contribution in [-0.4, -0.2) is 22.0 Å². The Morgan fingerprint density at radius 3 is 2.33 bits per heavy atom. The van der Waals surface area contributed by atoms with Crippen LogP contribution in [0, 0.1) is 5.92 Å². The third-order valence-corrected chi connectivity index (χ3v) is 8.70. The Hall–Kier alpha value is -3.46. The van der Waals surface area contributed by atoms with Crippen molar-refractivity contribution in [3.8, 4) is 11.4 Å². The van der Waals surface area contributed by atoms with Gasteiger partial charge in [0.05, 0.1) is 16.6 Å². The van der Waals surface area contributed by atoms with E-state index in [0.717, 1.165) is 22.6 Å². The largest absolute Gasteiger partial charge is 0.416 e. The van der Waals surface area contributed by atoms with Gasteiger partial charge in [-0.1, -0.05) is 63.2 Å². The van der Waals surface area contributed by atoms with Crippen LogP contribution in [0.25, 0.3) is 22.4 Å². The molecule has 0 fully saturated rings. The number of amidine groups is 1. The maximum Gasteiger partial charge on any atom is 0.416 e. The van der Waals surface area contributed by atoms with Crippen molar-refractivity contribution in [2.75, 3.05) is 6.61 Å². The van der Waals surface area contributed by atoms with E-state index in [4.69, 9.17) is 10.6 Å². The lowest BCUT2D eigenvalue weighted by Crippen LogP contribution is -2.24. The lowest BCUT2D eigenvalue weighted by atomic mass is 9.75. The molecule has 212 valence electrons. The highest BCUT2D eigenvalue weighted by atomic mass is 32.2. The minimum Gasteiger partial charge on any atom is -0.394 e. The SMILES string of the molecule is CCO/N=C(\N)c1ccc(SCc2ccc(C(C)(C)C(C)C)cc2)c(-c2nc3cc(C(F)(F)F)ccc3n2C)c1. The number of alkyl halides is 3. The van der Waals surface area contributed by atoms with Crippen LogP contribution in [0.15, 0.2) is 70.7 Å². The predicted molar refractivity (Wildman–Crippen MR) is 157 cm³/mol. The first-order valence-electron chi connectivity index (χ1n) is 13.2. The van der Waals surface area contributed by atoms with Crippen molar-refractivity contribution < 1.29 is 18.0 Å². The summed E-state index contributed by atoms with van der Waals surface area (Å²) in [7, 11) is 1.80. The van der Waals surface area contributed by atoms with Crippen LogP contribution in [0.5, 0.6) is 0 Å². The summed E-state index contributed by atoms with van der Waals surface area (Å²) >= 11 is 1.63. The first kappa shape index (κ1) is 29.5. The second-order valence-electron chi connectivity index (χ2n) is 10.7. The van der Waals surface area contributed by atoms with Gasteiger partial charge in [0, 0.05) is 28.8 Å². The zero-order chi connectivity index (χ0) is 29.2. The number of halogens is 3. The number of aromatic nitrogens is 2.